The van der Waals surface area contributed by atoms with Gasteiger partial charge in [-0.25, -0.2) is 0 Å². The summed E-state index contributed by atoms with van der Waals surface area (Å²) in [6.45, 7) is 11.4. The summed E-state index contributed by atoms with van der Waals surface area (Å²) in [6.07, 6.45) is 7.52. The Hall–Kier alpha value is -4.65. The molecule has 0 radical (unpaired) electrons. The molecule has 7 heteroatoms. The van der Waals surface area contributed by atoms with Crippen molar-refractivity contribution >= 4 is 23.0 Å². The van der Waals surface area contributed by atoms with E-state index >= 15 is 0 Å². The summed E-state index contributed by atoms with van der Waals surface area (Å²) in [6, 6.07) is 16.8. The van der Waals surface area contributed by atoms with Crippen LogP contribution < -0.4 is 16.2 Å². The number of pyridine rings is 1. The summed E-state index contributed by atoms with van der Waals surface area (Å²) >= 11 is 0. The maximum Gasteiger partial charge on any atom is 0.253 e. The minimum absolute atomic E-state index is 0.0418. The highest BCUT2D eigenvalue weighted by molar-refractivity contribution is 6.06. The van der Waals surface area contributed by atoms with Crippen molar-refractivity contribution in [3.05, 3.63) is 109 Å². The van der Waals surface area contributed by atoms with Gasteiger partial charge in [-0.05, 0) is 62.6 Å². The van der Waals surface area contributed by atoms with E-state index in [0.29, 0.717) is 33.8 Å². The fourth-order valence-electron chi connectivity index (χ4n) is 4.26. The Morgan fingerprint density at radius 3 is 2.26 bits per heavy atom. The first-order chi connectivity index (χ1) is 18.3. The van der Waals surface area contributed by atoms with Gasteiger partial charge in [0.05, 0.1) is 16.9 Å². The van der Waals surface area contributed by atoms with E-state index in [1.54, 1.807) is 18.3 Å². The zero-order chi connectivity index (χ0) is 27.7. The first-order valence-electron chi connectivity index (χ1n) is 12.5. The van der Waals surface area contributed by atoms with Crippen molar-refractivity contribution in [1.82, 2.24) is 9.88 Å². The molecule has 2 heterocycles. The Kier molecular flexibility index (Phi) is 9.60. The Morgan fingerprint density at radius 1 is 1.03 bits per heavy atom. The van der Waals surface area contributed by atoms with Gasteiger partial charge in [-0.3, -0.25) is 15.2 Å². The molecule has 0 saturated carbocycles. The smallest absolute Gasteiger partial charge is 0.253 e. The quantitative estimate of drug-likeness (QED) is 0.118. The number of benzene rings is 2. The number of nitrogens with one attached hydrogen (secondary N) is 1. The average molecular weight is 510 g/mol. The van der Waals surface area contributed by atoms with E-state index in [1.165, 1.54) is 0 Å². The number of carbonyl (C=O) groups excluding carboxylic acids is 1. The molecule has 196 valence electrons. The molecule has 0 aliphatic carbocycles. The minimum Gasteiger partial charge on any atom is -0.462 e. The topological polar surface area (TPSA) is 118 Å². The number of para-hydroxylation sites is 1. The van der Waals surface area contributed by atoms with Crippen molar-refractivity contribution in [3.63, 3.8) is 0 Å². The van der Waals surface area contributed by atoms with E-state index in [1.807, 2.05) is 73.4 Å². The maximum absolute atomic E-state index is 12.7. The van der Waals surface area contributed by atoms with Gasteiger partial charge in [0.1, 0.15) is 17.3 Å². The van der Waals surface area contributed by atoms with E-state index in [-0.39, 0.29) is 11.7 Å². The van der Waals surface area contributed by atoms with Crippen LogP contribution in [0.5, 0.6) is 5.75 Å². The number of rotatable bonds is 7. The number of hydrogen-bond donors (Lipinski definition) is 3. The predicted molar refractivity (Wildman–Crippen MR) is 156 cm³/mol. The standard InChI is InChI=1S/C29H31N5O2.C2H4/c1-19(10-11-20(2)36-23-8-4-3-5-9-23)24-18-33-27(26(30)25(24)28(31)32)21-12-14-22(15-13-21)29(35)34-16-6-7-17-34;1-2/h3-5,8-15,18H,6-7,16-17,30H2,1-2H3,(H3,31,32);1-2H2/b19-10+,20-11+;. The zero-order valence-electron chi connectivity index (χ0n) is 22.0. The van der Waals surface area contributed by atoms with Crippen LogP contribution in [0.15, 0.2) is 91.9 Å². The number of nitrogens with two attached hydrogens (primary N) is 2. The lowest BCUT2D eigenvalue weighted by molar-refractivity contribution is 0.0793. The zero-order valence-corrected chi connectivity index (χ0v) is 22.0. The molecular formula is C31H35N5O2. The summed E-state index contributed by atoms with van der Waals surface area (Å²) in [4.78, 5) is 19.1. The molecule has 1 saturated heterocycles. The molecule has 0 bridgehead atoms. The van der Waals surface area contributed by atoms with Gasteiger partial charge in [0.25, 0.3) is 5.91 Å². The van der Waals surface area contributed by atoms with Gasteiger partial charge < -0.3 is 21.1 Å². The molecule has 38 heavy (non-hydrogen) atoms. The number of carbonyl (C=O) groups is 1. The SMILES string of the molecule is C/C(=C\C=C(/C)c1cnc(-c2ccc(C(=O)N3CCCC3)cc2)c(N)c1C(=N)N)Oc1ccccc1.C=C. The summed E-state index contributed by atoms with van der Waals surface area (Å²) in [5.41, 5.74) is 16.6. The largest absolute Gasteiger partial charge is 0.462 e. The molecule has 1 aromatic heterocycles. The highest BCUT2D eigenvalue weighted by atomic mass is 16.5. The van der Waals surface area contributed by atoms with Gasteiger partial charge in [0.15, 0.2) is 0 Å². The third kappa shape index (κ3) is 6.56. The van der Waals surface area contributed by atoms with Crippen LogP contribution in [-0.2, 0) is 0 Å². The Labute approximate surface area is 224 Å². The first-order valence-corrected chi connectivity index (χ1v) is 12.5. The molecule has 0 spiro atoms. The second kappa shape index (κ2) is 13.1. The fourth-order valence-corrected chi connectivity index (χ4v) is 4.26. The molecule has 1 aliphatic heterocycles. The predicted octanol–water partition coefficient (Wildman–Crippen LogP) is 6.04. The third-order valence-corrected chi connectivity index (χ3v) is 6.20. The van der Waals surface area contributed by atoms with Gasteiger partial charge in [0, 0.05) is 36.0 Å². The number of hydrogen-bond acceptors (Lipinski definition) is 5. The van der Waals surface area contributed by atoms with Crippen LogP contribution in [0.4, 0.5) is 5.69 Å². The summed E-state index contributed by atoms with van der Waals surface area (Å²) in [5, 5.41) is 8.17. The molecule has 1 amide bonds. The normalized spacial score (nSPS) is 13.5. The Balaban J connectivity index is 0.00000195. The third-order valence-electron chi connectivity index (χ3n) is 6.20. The van der Waals surface area contributed by atoms with Gasteiger partial charge in [0.2, 0.25) is 0 Å². The molecular weight excluding hydrogens is 474 g/mol. The van der Waals surface area contributed by atoms with Gasteiger partial charge >= 0.3 is 0 Å². The van der Waals surface area contributed by atoms with Crippen LogP contribution in [0, 0.1) is 5.41 Å². The van der Waals surface area contributed by atoms with Gasteiger partial charge in [-0.1, -0.05) is 36.4 Å². The lowest BCUT2D eigenvalue weighted by atomic mass is 9.96. The second-order valence-corrected chi connectivity index (χ2v) is 8.84. The molecule has 1 aliphatic rings. The highest BCUT2D eigenvalue weighted by Gasteiger charge is 2.20. The fraction of sp³-hybridized carbons (Fsp3) is 0.194. The van der Waals surface area contributed by atoms with E-state index < -0.39 is 0 Å². The lowest BCUT2D eigenvalue weighted by Gasteiger charge is -2.16. The van der Waals surface area contributed by atoms with Crippen LogP contribution in [0.1, 0.15) is 48.2 Å². The molecule has 7 nitrogen and oxygen atoms in total. The van der Waals surface area contributed by atoms with Crippen LogP contribution in [0.2, 0.25) is 0 Å². The van der Waals surface area contributed by atoms with Crippen LogP contribution >= 0.6 is 0 Å². The van der Waals surface area contributed by atoms with Crippen molar-refractivity contribution < 1.29 is 9.53 Å². The van der Waals surface area contributed by atoms with Gasteiger partial charge in [-0.15, -0.1) is 13.2 Å². The van der Waals surface area contributed by atoms with Crippen molar-refractivity contribution in [2.24, 2.45) is 5.73 Å². The van der Waals surface area contributed by atoms with Crippen molar-refractivity contribution in [3.8, 4) is 17.0 Å². The number of aromatic nitrogens is 1. The summed E-state index contributed by atoms with van der Waals surface area (Å²) < 4.78 is 5.82. The molecule has 1 fully saturated rings. The van der Waals surface area contributed by atoms with Crippen LogP contribution in [0.3, 0.4) is 0 Å². The van der Waals surface area contributed by atoms with Gasteiger partial charge in [-0.2, -0.15) is 0 Å². The molecule has 3 aromatic rings. The van der Waals surface area contributed by atoms with E-state index in [9.17, 15) is 4.79 Å². The number of likely N-dealkylation sites (tertiary alicyclic amines) is 1. The average Bonchev–Trinajstić information content (AvgIpc) is 3.48. The first kappa shape index (κ1) is 27.9. The van der Waals surface area contributed by atoms with E-state index in [2.05, 4.69) is 18.1 Å². The molecule has 4 rings (SSSR count). The number of nitrogen functional groups attached to an aromatic ring is 2. The number of nitrogens with zero attached hydrogens (tertiary/aromatic N) is 2. The van der Waals surface area contributed by atoms with Crippen LogP contribution in [-0.4, -0.2) is 34.7 Å². The lowest BCUT2D eigenvalue weighted by Crippen LogP contribution is -2.27. The van der Waals surface area contributed by atoms with Crippen molar-refractivity contribution in [1.29, 1.82) is 5.41 Å². The minimum atomic E-state index is -0.138. The number of amides is 1. The van der Waals surface area contributed by atoms with Crippen LogP contribution in [0.25, 0.3) is 16.8 Å². The Morgan fingerprint density at radius 2 is 1.66 bits per heavy atom. The van der Waals surface area contributed by atoms with E-state index in [4.69, 9.17) is 21.6 Å². The molecule has 2 aromatic carbocycles. The monoisotopic (exact) mass is 509 g/mol. The van der Waals surface area contributed by atoms with E-state index in [0.717, 1.165) is 42.8 Å². The summed E-state index contributed by atoms with van der Waals surface area (Å²) in [7, 11) is 0. The Bertz CT molecular complexity index is 1340. The number of anilines is 1. The summed E-state index contributed by atoms with van der Waals surface area (Å²) in [5.74, 6) is 1.37. The second-order valence-electron chi connectivity index (χ2n) is 8.84. The number of ether oxygens (including phenoxy) is 1. The molecule has 0 atom stereocenters. The highest BCUT2D eigenvalue weighted by Crippen LogP contribution is 2.32. The van der Waals surface area contributed by atoms with Crippen molar-refractivity contribution in [2.75, 3.05) is 18.8 Å². The molecule has 5 N–H and O–H groups in total. The number of amidine groups is 1. The molecule has 0 unspecified atom stereocenters. The van der Waals surface area contributed by atoms with Crippen molar-refractivity contribution in [2.45, 2.75) is 26.7 Å². The maximum atomic E-state index is 12.7. The number of allylic oxidation sites excluding steroid dienone is 4.